The standard InChI is InChI=1S/C36H52F3N5O17/c1-14-24(48)26(50)27(51)33(57-14)61-28-16(41-30(52)17-11-21(46)44-35(56)42-17)8-5-9-18(28)59-32-23(43-22(47)12-40-34(55)36(37,38)39)29(25(49)20(13-45)60-32)58-19(31(53)54)10-15-6-3-2-4-7-15/h11,14-16,18-20,23-29,32-33,45,48-51H,2-10,12-13H2,1H3,(H,40,55)(H,41,52)(H,43,47)(H,53,54)(H2,42,44,46,56)/t14?,16?,18-,19+,20+,23?,24-,25+,26+,27?,28-,29?,32-,33+/m1/s1. The fourth-order valence-corrected chi connectivity index (χ4v) is 8.03. The van der Waals surface area contributed by atoms with Crippen LogP contribution in [0.1, 0.15) is 75.2 Å². The second-order valence-electron chi connectivity index (χ2n) is 15.6. The summed E-state index contributed by atoms with van der Waals surface area (Å²) in [4.78, 5) is 78.8. The number of aliphatic hydroxyl groups excluding tert-OH is 5. The number of ether oxygens (including phenoxy) is 5. The number of rotatable bonds is 15. The van der Waals surface area contributed by atoms with Gasteiger partial charge >= 0.3 is 23.7 Å². The van der Waals surface area contributed by atoms with Crippen molar-refractivity contribution in [1.82, 2.24) is 25.9 Å². The Morgan fingerprint density at radius 2 is 1.57 bits per heavy atom. The normalized spacial score (nSPS) is 34.2. The molecule has 2 saturated carbocycles. The molecule has 0 bridgehead atoms. The smallest absolute Gasteiger partial charge is 0.471 e. The molecule has 2 aliphatic carbocycles. The van der Waals surface area contributed by atoms with E-state index >= 15 is 0 Å². The molecule has 2 aliphatic heterocycles. The van der Waals surface area contributed by atoms with E-state index in [0.717, 1.165) is 25.3 Å². The van der Waals surface area contributed by atoms with Crippen molar-refractivity contribution in [2.45, 2.75) is 157 Å². The number of aromatic amines is 2. The van der Waals surface area contributed by atoms with Gasteiger partial charge < -0.3 is 75.3 Å². The molecule has 1 aromatic rings. The zero-order valence-corrected chi connectivity index (χ0v) is 32.8. The number of aliphatic carboxylic acids is 1. The number of carbonyl (C=O) groups is 4. The Morgan fingerprint density at radius 1 is 0.869 bits per heavy atom. The highest BCUT2D eigenvalue weighted by atomic mass is 19.4. The Kier molecular flexibility index (Phi) is 16.4. The molecule has 0 spiro atoms. The van der Waals surface area contributed by atoms with Crippen LogP contribution in [0.2, 0.25) is 0 Å². The zero-order chi connectivity index (χ0) is 44.8. The molecule has 11 N–H and O–H groups in total. The lowest BCUT2D eigenvalue weighted by Gasteiger charge is -2.48. The van der Waals surface area contributed by atoms with E-state index in [2.05, 4.69) is 15.6 Å². The maximum absolute atomic E-state index is 13.4. The van der Waals surface area contributed by atoms with Crippen molar-refractivity contribution in [1.29, 1.82) is 0 Å². The maximum Gasteiger partial charge on any atom is 0.471 e. The molecule has 2 saturated heterocycles. The fourth-order valence-electron chi connectivity index (χ4n) is 8.03. The number of carbonyl (C=O) groups excluding carboxylic acids is 3. The molecule has 61 heavy (non-hydrogen) atoms. The SMILES string of the molecule is CC1O[C@@H](O[C@@H]2C(NC(=O)c3cc(=O)[nH]c(=O)[nH]3)CCC[C@H]2O[C@@H]2O[C@@H](CO)[C@H](O)C(O[C@@H](CC3CCCCC3)C(=O)O)C2NC(=O)CNC(=O)C(F)(F)F)C(O)[C@@H](O)[C@@H]1O. The lowest BCUT2D eigenvalue weighted by atomic mass is 9.85. The summed E-state index contributed by atoms with van der Waals surface area (Å²) < 4.78 is 69.0. The third kappa shape index (κ3) is 12.3. The number of alkyl halides is 3. The quantitative estimate of drug-likeness (QED) is 0.0836. The summed E-state index contributed by atoms with van der Waals surface area (Å²) in [5.41, 5.74) is -2.38. The maximum atomic E-state index is 13.4. The molecular formula is C36H52F3N5O17. The van der Waals surface area contributed by atoms with Gasteiger partial charge in [0.15, 0.2) is 18.7 Å². The molecule has 5 unspecified atom stereocenters. The van der Waals surface area contributed by atoms with E-state index in [1.54, 1.807) is 0 Å². The minimum absolute atomic E-state index is 0.0158. The molecular weight excluding hydrogens is 831 g/mol. The molecule has 25 heteroatoms. The minimum atomic E-state index is -5.36. The molecule has 0 radical (unpaired) electrons. The first-order valence-corrected chi connectivity index (χ1v) is 19.9. The van der Waals surface area contributed by atoms with Crippen LogP contribution in [0.3, 0.4) is 0 Å². The molecule has 3 amide bonds. The van der Waals surface area contributed by atoms with Crippen LogP contribution in [0.25, 0.3) is 0 Å². The second-order valence-corrected chi connectivity index (χ2v) is 15.6. The van der Waals surface area contributed by atoms with Gasteiger partial charge in [0.25, 0.3) is 11.5 Å². The number of aromatic nitrogens is 2. The average Bonchev–Trinajstić information content (AvgIpc) is 3.20. The molecule has 5 rings (SSSR count). The first kappa shape index (κ1) is 48.0. The van der Waals surface area contributed by atoms with Gasteiger partial charge in [-0.2, -0.15) is 13.2 Å². The summed E-state index contributed by atoms with van der Waals surface area (Å²) in [6.07, 6.45) is -20.7. The van der Waals surface area contributed by atoms with Gasteiger partial charge in [-0.05, 0) is 38.5 Å². The van der Waals surface area contributed by atoms with E-state index in [0.29, 0.717) is 12.8 Å². The van der Waals surface area contributed by atoms with Crippen molar-refractivity contribution in [3.63, 3.8) is 0 Å². The van der Waals surface area contributed by atoms with Crippen LogP contribution in [-0.2, 0) is 38.1 Å². The van der Waals surface area contributed by atoms with Crippen molar-refractivity contribution < 1.29 is 86.7 Å². The number of hydrogen-bond donors (Lipinski definition) is 11. The Bertz CT molecular complexity index is 1770. The number of nitrogens with one attached hydrogen (secondary N) is 5. The molecule has 4 aliphatic rings. The molecule has 22 nitrogen and oxygen atoms in total. The number of H-pyrrole nitrogens is 2. The summed E-state index contributed by atoms with van der Waals surface area (Å²) in [6, 6.07) is -2.13. The van der Waals surface area contributed by atoms with Gasteiger partial charge in [-0.1, -0.05) is 32.1 Å². The van der Waals surface area contributed by atoms with Crippen molar-refractivity contribution in [2.24, 2.45) is 5.92 Å². The number of carboxylic acids is 1. The second kappa shape index (κ2) is 20.9. The van der Waals surface area contributed by atoms with E-state index < -0.39 is 146 Å². The molecule has 344 valence electrons. The van der Waals surface area contributed by atoms with Crippen LogP contribution in [0, 0.1) is 5.92 Å². The Labute approximate surface area is 344 Å². The van der Waals surface area contributed by atoms with Crippen molar-refractivity contribution in [3.05, 3.63) is 32.6 Å². The van der Waals surface area contributed by atoms with Gasteiger partial charge in [0.2, 0.25) is 5.91 Å². The van der Waals surface area contributed by atoms with Crippen molar-refractivity contribution in [3.8, 4) is 0 Å². The molecule has 4 fully saturated rings. The monoisotopic (exact) mass is 883 g/mol. The summed E-state index contributed by atoms with van der Waals surface area (Å²) in [6.45, 7) is -0.830. The van der Waals surface area contributed by atoms with Crippen LogP contribution in [0.5, 0.6) is 0 Å². The number of amides is 3. The topological polar surface area (TPSA) is 338 Å². The van der Waals surface area contributed by atoms with E-state index in [-0.39, 0.29) is 31.6 Å². The van der Waals surface area contributed by atoms with E-state index in [4.69, 9.17) is 23.7 Å². The van der Waals surface area contributed by atoms with Gasteiger partial charge in [0, 0.05) is 6.07 Å². The van der Waals surface area contributed by atoms with Gasteiger partial charge in [0.1, 0.15) is 54.5 Å². The predicted molar refractivity (Wildman–Crippen MR) is 195 cm³/mol. The van der Waals surface area contributed by atoms with E-state index in [1.807, 2.05) is 4.98 Å². The highest BCUT2D eigenvalue weighted by Gasteiger charge is 2.52. The van der Waals surface area contributed by atoms with Crippen LogP contribution in [0.15, 0.2) is 15.7 Å². The first-order valence-electron chi connectivity index (χ1n) is 19.9. The van der Waals surface area contributed by atoms with Gasteiger partial charge in [-0.3, -0.25) is 24.2 Å². The molecule has 0 aromatic carbocycles. The number of aliphatic hydroxyl groups is 5. The lowest BCUT2D eigenvalue weighted by Crippen LogP contribution is -2.68. The third-order valence-corrected chi connectivity index (χ3v) is 11.2. The van der Waals surface area contributed by atoms with Crippen molar-refractivity contribution in [2.75, 3.05) is 13.2 Å². The summed E-state index contributed by atoms with van der Waals surface area (Å²) >= 11 is 0. The Balaban J connectivity index is 1.49. The molecule has 3 heterocycles. The number of hydrogen-bond acceptors (Lipinski definition) is 16. The van der Waals surface area contributed by atoms with E-state index in [9.17, 15) is 72.6 Å². The van der Waals surface area contributed by atoms with Gasteiger partial charge in [-0.15, -0.1) is 0 Å². The highest BCUT2D eigenvalue weighted by molar-refractivity contribution is 5.92. The highest BCUT2D eigenvalue weighted by Crippen LogP contribution is 2.35. The van der Waals surface area contributed by atoms with Gasteiger partial charge in [0.05, 0.1) is 31.4 Å². The lowest BCUT2D eigenvalue weighted by molar-refractivity contribution is -0.334. The largest absolute Gasteiger partial charge is 0.479 e. The predicted octanol–water partition coefficient (Wildman–Crippen LogP) is -3.01. The van der Waals surface area contributed by atoms with Crippen LogP contribution in [-0.4, -0.2) is 169 Å². The number of carboxylic acid groups (broad SMARTS) is 1. The van der Waals surface area contributed by atoms with Gasteiger partial charge in [-0.25, -0.2) is 9.59 Å². The fraction of sp³-hybridized carbons (Fsp3) is 0.778. The average molecular weight is 884 g/mol. The Hall–Kier alpha value is -4.05. The summed E-state index contributed by atoms with van der Waals surface area (Å²) in [5, 5.41) is 70.0. The minimum Gasteiger partial charge on any atom is -0.479 e. The Morgan fingerprint density at radius 3 is 2.21 bits per heavy atom. The number of halogens is 3. The first-order chi connectivity index (χ1) is 28.8. The molecule has 14 atom stereocenters. The van der Waals surface area contributed by atoms with Crippen LogP contribution in [0.4, 0.5) is 13.2 Å². The van der Waals surface area contributed by atoms with E-state index in [1.165, 1.54) is 12.2 Å². The van der Waals surface area contributed by atoms with Crippen LogP contribution >= 0.6 is 0 Å². The summed E-state index contributed by atoms with van der Waals surface area (Å²) in [7, 11) is 0. The molecule has 1 aromatic heterocycles. The zero-order valence-electron chi connectivity index (χ0n) is 32.8. The van der Waals surface area contributed by atoms with Crippen molar-refractivity contribution >= 4 is 23.7 Å². The third-order valence-electron chi connectivity index (χ3n) is 11.2. The summed E-state index contributed by atoms with van der Waals surface area (Å²) in [5.74, 6) is -6.28. The van der Waals surface area contributed by atoms with Crippen LogP contribution < -0.4 is 27.2 Å².